The number of esters is 1. The largest absolute Gasteiger partial charge is 0.459 e. The predicted octanol–water partition coefficient (Wildman–Crippen LogP) is 5.32. The average molecular weight is 430 g/mol. The monoisotopic (exact) mass is 430 g/mol. The van der Waals surface area contributed by atoms with Crippen molar-refractivity contribution in [2.24, 2.45) is 0 Å². The van der Waals surface area contributed by atoms with Crippen LogP contribution in [-0.2, 0) is 22.6 Å². The van der Waals surface area contributed by atoms with Crippen molar-refractivity contribution in [3.8, 4) is 22.1 Å². The smallest absolute Gasteiger partial charge is 0.306 e. The number of hydrogen-bond donors (Lipinski definition) is 0. The van der Waals surface area contributed by atoms with Gasteiger partial charge >= 0.3 is 5.97 Å². The van der Waals surface area contributed by atoms with E-state index in [0.717, 1.165) is 17.0 Å². The number of thiophene rings is 1. The zero-order valence-electron chi connectivity index (χ0n) is 15.9. The molecule has 0 unspecified atom stereocenters. The van der Waals surface area contributed by atoms with E-state index in [-0.39, 0.29) is 36.7 Å². The quantitative estimate of drug-likeness (QED) is 0.369. The summed E-state index contributed by atoms with van der Waals surface area (Å²) in [5.41, 5.74) is 0.651. The zero-order valence-corrected chi connectivity index (χ0v) is 16.7. The molecule has 3 heterocycles. The Kier molecular flexibility index (Phi) is 5.71. The van der Waals surface area contributed by atoms with Crippen LogP contribution in [0.1, 0.15) is 23.8 Å². The normalized spacial score (nSPS) is 11.0. The molecule has 0 aliphatic rings. The lowest BCUT2D eigenvalue weighted by Gasteiger charge is -2.02. The third-order valence-corrected chi connectivity index (χ3v) is 5.15. The molecular weight excluding hydrogens is 414 g/mol. The van der Waals surface area contributed by atoms with E-state index in [1.54, 1.807) is 6.92 Å². The summed E-state index contributed by atoms with van der Waals surface area (Å²) in [5, 5.41) is 1.92. The van der Waals surface area contributed by atoms with Gasteiger partial charge in [-0.25, -0.2) is 18.7 Å². The van der Waals surface area contributed by atoms with Gasteiger partial charge in [0.2, 0.25) is 5.89 Å². The number of carbonyl (C=O) groups is 1. The SMILES string of the molecule is Cc1oc(-c2cccs2)nc1COC(=O)CCc1ncc(-c2ccc(F)cc2F)o1. The molecule has 0 amide bonds. The second kappa shape index (κ2) is 8.58. The zero-order chi connectivity index (χ0) is 21.1. The number of ether oxygens (including phenoxy) is 1. The van der Waals surface area contributed by atoms with Gasteiger partial charge in [0.15, 0.2) is 11.7 Å². The molecule has 0 atom stereocenters. The molecule has 0 N–H and O–H groups in total. The predicted molar refractivity (Wildman–Crippen MR) is 105 cm³/mol. The van der Waals surface area contributed by atoms with Gasteiger partial charge < -0.3 is 13.6 Å². The van der Waals surface area contributed by atoms with Crippen LogP contribution in [0.3, 0.4) is 0 Å². The van der Waals surface area contributed by atoms with Gasteiger partial charge in [0, 0.05) is 12.5 Å². The fourth-order valence-corrected chi connectivity index (χ4v) is 3.39. The van der Waals surface area contributed by atoms with E-state index in [2.05, 4.69) is 9.97 Å². The second-order valence-electron chi connectivity index (χ2n) is 6.40. The fourth-order valence-electron chi connectivity index (χ4n) is 2.74. The van der Waals surface area contributed by atoms with E-state index in [1.165, 1.54) is 23.6 Å². The molecule has 0 bridgehead atoms. The highest BCUT2D eigenvalue weighted by Gasteiger charge is 2.16. The molecule has 0 aliphatic carbocycles. The number of halogens is 2. The summed E-state index contributed by atoms with van der Waals surface area (Å²) in [6.07, 6.45) is 1.54. The molecule has 30 heavy (non-hydrogen) atoms. The molecule has 0 aliphatic heterocycles. The number of hydrogen-bond acceptors (Lipinski definition) is 7. The number of benzene rings is 1. The van der Waals surface area contributed by atoms with Gasteiger partial charge in [-0.15, -0.1) is 11.3 Å². The van der Waals surface area contributed by atoms with Crippen LogP contribution < -0.4 is 0 Å². The Morgan fingerprint density at radius 1 is 1.23 bits per heavy atom. The first-order chi connectivity index (χ1) is 14.5. The third kappa shape index (κ3) is 4.46. The van der Waals surface area contributed by atoms with Crippen molar-refractivity contribution in [3.05, 3.63) is 70.9 Å². The van der Waals surface area contributed by atoms with E-state index in [1.807, 2.05) is 17.5 Å². The highest BCUT2D eigenvalue weighted by atomic mass is 32.1. The maximum Gasteiger partial charge on any atom is 0.306 e. The molecule has 0 fully saturated rings. The average Bonchev–Trinajstić information content (AvgIpc) is 3.46. The Balaban J connectivity index is 1.31. The molecular formula is C21H16F2N2O4S. The minimum Gasteiger partial charge on any atom is -0.459 e. The Bertz CT molecular complexity index is 1170. The van der Waals surface area contributed by atoms with Crippen LogP contribution in [0.15, 0.2) is 50.7 Å². The minimum absolute atomic E-state index is 0.00281. The highest BCUT2D eigenvalue weighted by molar-refractivity contribution is 7.13. The van der Waals surface area contributed by atoms with Crippen LogP contribution >= 0.6 is 11.3 Å². The van der Waals surface area contributed by atoms with Crippen LogP contribution in [-0.4, -0.2) is 15.9 Å². The number of carbonyl (C=O) groups excluding carboxylic acids is 1. The molecule has 0 saturated carbocycles. The van der Waals surface area contributed by atoms with Crippen LogP contribution in [0, 0.1) is 18.6 Å². The van der Waals surface area contributed by atoms with Crippen LogP contribution in [0.4, 0.5) is 8.78 Å². The number of nitrogens with zero attached hydrogens (tertiary/aromatic N) is 2. The van der Waals surface area contributed by atoms with Crippen molar-refractivity contribution in [3.63, 3.8) is 0 Å². The summed E-state index contributed by atoms with van der Waals surface area (Å²) in [4.78, 5) is 21.3. The Labute approximate surface area is 174 Å². The van der Waals surface area contributed by atoms with Crippen molar-refractivity contribution in [2.45, 2.75) is 26.4 Å². The lowest BCUT2D eigenvalue weighted by atomic mass is 10.2. The first kappa shape index (κ1) is 20.0. The van der Waals surface area contributed by atoms with Crippen molar-refractivity contribution in [1.29, 1.82) is 0 Å². The molecule has 0 spiro atoms. The van der Waals surface area contributed by atoms with Crippen molar-refractivity contribution in [1.82, 2.24) is 9.97 Å². The second-order valence-corrected chi connectivity index (χ2v) is 7.35. The lowest BCUT2D eigenvalue weighted by Crippen LogP contribution is -2.06. The molecule has 9 heteroatoms. The molecule has 6 nitrogen and oxygen atoms in total. The number of aryl methyl sites for hydroxylation is 2. The van der Waals surface area contributed by atoms with Crippen LogP contribution in [0.25, 0.3) is 22.1 Å². The molecule has 154 valence electrons. The number of aromatic nitrogens is 2. The maximum absolute atomic E-state index is 13.8. The topological polar surface area (TPSA) is 78.4 Å². The molecule has 3 aromatic heterocycles. The highest BCUT2D eigenvalue weighted by Crippen LogP contribution is 2.27. The Morgan fingerprint density at radius 3 is 2.87 bits per heavy atom. The van der Waals surface area contributed by atoms with Gasteiger partial charge in [0.25, 0.3) is 0 Å². The maximum atomic E-state index is 13.8. The van der Waals surface area contributed by atoms with Crippen molar-refractivity contribution in [2.75, 3.05) is 0 Å². The summed E-state index contributed by atoms with van der Waals surface area (Å²) >= 11 is 1.51. The molecule has 1 aromatic carbocycles. The van der Waals surface area contributed by atoms with Gasteiger partial charge in [-0.1, -0.05) is 6.07 Å². The first-order valence-electron chi connectivity index (χ1n) is 9.05. The molecule has 4 rings (SSSR count). The van der Waals surface area contributed by atoms with Crippen molar-refractivity contribution >= 4 is 17.3 Å². The summed E-state index contributed by atoms with van der Waals surface area (Å²) in [6.45, 7) is 1.76. The standard InChI is InChI=1S/C21H16F2N2O4S/c1-12-16(25-21(28-12)18-3-2-8-30-18)11-27-20(26)7-6-19-24-10-17(29-19)14-5-4-13(22)9-15(14)23/h2-5,8-10H,6-7,11H2,1H3. The van der Waals surface area contributed by atoms with Crippen LogP contribution in [0.5, 0.6) is 0 Å². The lowest BCUT2D eigenvalue weighted by molar-refractivity contribution is -0.145. The van der Waals surface area contributed by atoms with E-state index < -0.39 is 17.6 Å². The molecule has 4 aromatic rings. The molecule has 0 radical (unpaired) electrons. The number of rotatable bonds is 7. The first-order valence-corrected chi connectivity index (χ1v) is 9.93. The third-order valence-electron chi connectivity index (χ3n) is 4.29. The van der Waals surface area contributed by atoms with E-state index in [9.17, 15) is 13.6 Å². The van der Waals surface area contributed by atoms with Crippen LogP contribution in [0.2, 0.25) is 0 Å². The van der Waals surface area contributed by atoms with Gasteiger partial charge in [-0.2, -0.15) is 0 Å². The van der Waals surface area contributed by atoms with E-state index >= 15 is 0 Å². The fraction of sp³-hybridized carbons (Fsp3) is 0.190. The van der Waals surface area contributed by atoms with E-state index in [4.69, 9.17) is 13.6 Å². The minimum atomic E-state index is -0.748. The summed E-state index contributed by atoms with van der Waals surface area (Å²) in [5.74, 6) is -0.384. The Hall–Kier alpha value is -3.33. The van der Waals surface area contributed by atoms with Gasteiger partial charge in [-0.3, -0.25) is 4.79 Å². The number of oxazole rings is 2. The van der Waals surface area contributed by atoms with Crippen molar-refractivity contribution < 1.29 is 27.1 Å². The van der Waals surface area contributed by atoms with Gasteiger partial charge in [-0.05, 0) is 30.5 Å². The van der Waals surface area contributed by atoms with Gasteiger partial charge in [0.1, 0.15) is 29.7 Å². The van der Waals surface area contributed by atoms with E-state index in [0.29, 0.717) is 17.3 Å². The van der Waals surface area contributed by atoms with Gasteiger partial charge in [0.05, 0.1) is 23.1 Å². The molecule has 0 saturated heterocycles. The Morgan fingerprint density at radius 2 is 2.10 bits per heavy atom. The summed E-state index contributed by atoms with van der Waals surface area (Å²) in [7, 11) is 0. The summed E-state index contributed by atoms with van der Waals surface area (Å²) in [6, 6.07) is 6.97. The summed E-state index contributed by atoms with van der Waals surface area (Å²) < 4.78 is 43.2.